The zero-order chi connectivity index (χ0) is 16.9. The molecule has 0 spiro atoms. The van der Waals surface area contributed by atoms with Gasteiger partial charge in [0, 0.05) is 11.7 Å². The second-order valence-electron chi connectivity index (χ2n) is 5.13. The summed E-state index contributed by atoms with van der Waals surface area (Å²) in [5, 5.41) is 6.75. The van der Waals surface area contributed by atoms with E-state index in [-0.39, 0.29) is 6.04 Å². The number of hydrogen-bond donors (Lipinski definition) is 1. The predicted octanol–water partition coefficient (Wildman–Crippen LogP) is 1.92. The van der Waals surface area contributed by atoms with E-state index in [0.29, 0.717) is 6.54 Å². The lowest BCUT2D eigenvalue weighted by molar-refractivity contribution is -0.168. The number of aryl methyl sites for hydroxylation is 2. The van der Waals surface area contributed by atoms with Crippen molar-refractivity contribution in [1.82, 2.24) is 15.1 Å². The summed E-state index contributed by atoms with van der Waals surface area (Å²) in [6, 6.07) is 1.56. The van der Waals surface area contributed by atoms with E-state index in [1.165, 1.54) is 0 Å². The highest BCUT2D eigenvalue weighted by atomic mass is 19.3. The Bertz CT molecular complexity index is 505. The van der Waals surface area contributed by atoms with Gasteiger partial charge in [0.15, 0.2) is 0 Å². The number of rotatable bonds is 8. The van der Waals surface area contributed by atoms with Gasteiger partial charge in [0.05, 0.1) is 12.2 Å². The second-order valence-corrected chi connectivity index (χ2v) is 5.13. The zero-order valence-electron chi connectivity index (χ0n) is 12.6. The lowest BCUT2D eigenvalue weighted by atomic mass is 10.3. The van der Waals surface area contributed by atoms with Crippen molar-refractivity contribution in [1.29, 1.82) is 0 Å². The van der Waals surface area contributed by atoms with Gasteiger partial charge in [0.25, 0.3) is 0 Å². The molecule has 1 aromatic rings. The minimum atomic E-state index is -4.25. The van der Waals surface area contributed by atoms with Crippen LogP contribution in [0.3, 0.4) is 0 Å². The molecule has 22 heavy (non-hydrogen) atoms. The van der Waals surface area contributed by atoms with Crippen LogP contribution in [0.2, 0.25) is 0 Å². The number of carbonyl (C=O) groups is 1. The fourth-order valence-corrected chi connectivity index (χ4v) is 1.82. The van der Waals surface area contributed by atoms with Gasteiger partial charge in [-0.25, -0.2) is 8.78 Å². The van der Waals surface area contributed by atoms with Crippen LogP contribution in [0.4, 0.5) is 17.6 Å². The molecule has 1 heterocycles. The van der Waals surface area contributed by atoms with Crippen molar-refractivity contribution < 1.29 is 27.1 Å². The van der Waals surface area contributed by atoms with Crippen molar-refractivity contribution in [3.8, 4) is 0 Å². The highest BCUT2D eigenvalue weighted by molar-refractivity contribution is 5.77. The maximum Gasteiger partial charge on any atom is 0.330 e. The molecular weight excluding hydrogens is 306 g/mol. The number of ether oxygens (including phenoxy) is 1. The molecule has 1 amide bonds. The van der Waals surface area contributed by atoms with E-state index in [9.17, 15) is 22.4 Å². The van der Waals surface area contributed by atoms with Crippen LogP contribution in [0.25, 0.3) is 0 Å². The first-order valence-corrected chi connectivity index (χ1v) is 6.66. The molecule has 1 rings (SSSR count). The molecule has 0 saturated carbocycles. The molecule has 9 heteroatoms. The van der Waals surface area contributed by atoms with E-state index in [1.54, 1.807) is 11.6 Å². The van der Waals surface area contributed by atoms with Gasteiger partial charge in [0.1, 0.15) is 13.2 Å². The number of aromatic nitrogens is 2. The van der Waals surface area contributed by atoms with E-state index >= 15 is 0 Å². The van der Waals surface area contributed by atoms with Crippen LogP contribution >= 0.6 is 0 Å². The first-order chi connectivity index (χ1) is 10.1. The third-order valence-corrected chi connectivity index (χ3v) is 2.80. The van der Waals surface area contributed by atoms with Gasteiger partial charge in [-0.2, -0.15) is 13.9 Å². The van der Waals surface area contributed by atoms with Crippen LogP contribution in [-0.2, 0) is 16.1 Å². The molecule has 0 aromatic carbocycles. The van der Waals surface area contributed by atoms with E-state index in [4.69, 9.17) is 0 Å². The molecule has 1 N–H and O–H groups in total. The summed E-state index contributed by atoms with van der Waals surface area (Å²) < 4.78 is 55.0. The minimum absolute atomic E-state index is 0.315. The summed E-state index contributed by atoms with van der Waals surface area (Å²) >= 11 is 0. The van der Waals surface area contributed by atoms with E-state index in [1.807, 2.05) is 19.9 Å². The Morgan fingerprint density at radius 1 is 1.45 bits per heavy atom. The summed E-state index contributed by atoms with van der Waals surface area (Å²) in [5.41, 5.74) is 1.76. The Hall–Kier alpha value is -1.64. The number of nitrogens with zero attached hydrogens (tertiary/aromatic N) is 2. The van der Waals surface area contributed by atoms with Gasteiger partial charge in [-0.15, -0.1) is 0 Å². The first kappa shape index (κ1) is 18.4. The van der Waals surface area contributed by atoms with E-state index in [2.05, 4.69) is 15.2 Å². The molecule has 126 valence electrons. The SMILES string of the molecule is Cc1cc(C)n(C[C@H](C)NC(=O)COCC(F)(F)C(F)F)n1. The van der Waals surface area contributed by atoms with Gasteiger partial charge in [-0.05, 0) is 26.8 Å². The smallest absolute Gasteiger partial charge is 0.330 e. The van der Waals surface area contributed by atoms with Crippen molar-refractivity contribution in [3.05, 3.63) is 17.5 Å². The highest BCUT2D eigenvalue weighted by Gasteiger charge is 2.41. The molecule has 0 radical (unpaired) electrons. The molecule has 0 saturated heterocycles. The molecule has 0 fully saturated rings. The van der Waals surface area contributed by atoms with Crippen molar-refractivity contribution >= 4 is 5.91 Å². The molecule has 1 atom stereocenters. The fourth-order valence-electron chi connectivity index (χ4n) is 1.82. The van der Waals surface area contributed by atoms with Crippen molar-refractivity contribution in [2.45, 2.75) is 45.7 Å². The monoisotopic (exact) mass is 325 g/mol. The van der Waals surface area contributed by atoms with Crippen molar-refractivity contribution in [2.75, 3.05) is 13.2 Å². The lowest BCUT2D eigenvalue weighted by Gasteiger charge is -2.17. The Balaban J connectivity index is 2.34. The van der Waals surface area contributed by atoms with E-state index in [0.717, 1.165) is 11.4 Å². The molecule has 0 aliphatic rings. The number of carbonyl (C=O) groups excluding carboxylic acids is 1. The summed E-state index contributed by atoms with van der Waals surface area (Å²) in [6.45, 7) is 3.61. The summed E-state index contributed by atoms with van der Waals surface area (Å²) in [6.07, 6.45) is -3.82. The summed E-state index contributed by atoms with van der Waals surface area (Å²) in [7, 11) is 0. The standard InChI is InChI=1S/C13H19F4N3O2/c1-8-4-10(3)20(19-8)5-9(2)18-11(21)6-22-7-13(16,17)12(14)15/h4,9,12H,5-7H2,1-3H3,(H,18,21)/t9-/m0/s1. The number of hydrogen-bond acceptors (Lipinski definition) is 3. The van der Waals surface area contributed by atoms with Gasteiger partial charge in [-0.3, -0.25) is 9.48 Å². The van der Waals surface area contributed by atoms with Crippen LogP contribution in [-0.4, -0.2) is 47.3 Å². The van der Waals surface area contributed by atoms with Gasteiger partial charge >= 0.3 is 12.3 Å². The number of alkyl halides is 4. The van der Waals surface area contributed by atoms with Crippen LogP contribution in [0, 0.1) is 13.8 Å². The zero-order valence-corrected chi connectivity index (χ0v) is 12.6. The lowest BCUT2D eigenvalue weighted by Crippen LogP contribution is -2.40. The summed E-state index contributed by atoms with van der Waals surface area (Å²) in [4.78, 5) is 11.5. The highest BCUT2D eigenvalue weighted by Crippen LogP contribution is 2.22. The first-order valence-electron chi connectivity index (χ1n) is 6.66. The van der Waals surface area contributed by atoms with Gasteiger partial charge in [0.2, 0.25) is 5.91 Å². The molecule has 5 nitrogen and oxygen atoms in total. The molecule has 0 bridgehead atoms. The van der Waals surface area contributed by atoms with Gasteiger partial charge < -0.3 is 10.1 Å². The topological polar surface area (TPSA) is 56.2 Å². The maximum atomic E-state index is 12.6. The third kappa shape index (κ3) is 5.63. The molecule has 0 aliphatic carbocycles. The number of halogens is 4. The van der Waals surface area contributed by atoms with Crippen molar-refractivity contribution in [2.24, 2.45) is 0 Å². The Kier molecular flexibility index (Phi) is 6.34. The Morgan fingerprint density at radius 3 is 2.59 bits per heavy atom. The predicted molar refractivity (Wildman–Crippen MR) is 71.1 cm³/mol. The van der Waals surface area contributed by atoms with Crippen LogP contribution < -0.4 is 5.32 Å². The normalized spacial score (nSPS) is 13.5. The Labute approximate surface area is 125 Å². The Morgan fingerprint density at radius 2 is 2.09 bits per heavy atom. The fraction of sp³-hybridized carbons (Fsp3) is 0.692. The number of nitrogens with one attached hydrogen (secondary N) is 1. The molecule has 1 aromatic heterocycles. The second kappa shape index (κ2) is 7.57. The van der Waals surface area contributed by atoms with Gasteiger partial charge in [-0.1, -0.05) is 0 Å². The number of amides is 1. The average Bonchev–Trinajstić information content (AvgIpc) is 2.66. The minimum Gasteiger partial charge on any atom is -0.365 e. The summed E-state index contributed by atoms with van der Waals surface area (Å²) in [5.74, 6) is -4.91. The molecule has 0 aliphatic heterocycles. The average molecular weight is 325 g/mol. The van der Waals surface area contributed by atoms with Crippen LogP contribution in [0.15, 0.2) is 6.07 Å². The van der Waals surface area contributed by atoms with E-state index < -0.39 is 31.5 Å². The third-order valence-electron chi connectivity index (χ3n) is 2.80. The van der Waals surface area contributed by atoms with Crippen LogP contribution in [0.5, 0.6) is 0 Å². The van der Waals surface area contributed by atoms with Crippen LogP contribution in [0.1, 0.15) is 18.3 Å². The van der Waals surface area contributed by atoms with Crippen molar-refractivity contribution in [3.63, 3.8) is 0 Å². The quantitative estimate of drug-likeness (QED) is 0.743. The molecule has 0 unspecified atom stereocenters. The largest absolute Gasteiger partial charge is 0.365 e. The maximum absolute atomic E-state index is 12.6. The molecular formula is C13H19F4N3O2.